The highest BCUT2D eigenvalue weighted by Gasteiger charge is 2.21. The van der Waals surface area contributed by atoms with Gasteiger partial charge in [0.1, 0.15) is 11.6 Å². The second kappa shape index (κ2) is 3.27. The largest absolute Gasteiger partial charge is 0.323 e. The van der Waals surface area contributed by atoms with Gasteiger partial charge in [0.15, 0.2) is 0 Å². The molecule has 1 heterocycles. The normalized spacial score (nSPS) is 21.3. The Balaban J connectivity index is 2.56. The summed E-state index contributed by atoms with van der Waals surface area (Å²) in [4.78, 5) is 0. The van der Waals surface area contributed by atoms with Gasteiger partial charge >= 0.3 is 0 Å². The van der Waals surface area contributed by atoms with E-state index in [1.54, 1.807) is 11.8 Å². The molecule has 0 amide bonds. The second-order valence-corrected chi connectivity index (χ2v) is 4.11. The van der Waals surface area contributed by atoms with E-state index in [9.17, 15) is 8.78 Å². The van der Waals surface area contributed by atoms with Crippen molar-refractivity contribution in [2.24, 2.45) is 5.73 Å². The zero-order valence-corrected chi connectivity index (χ0v) is 7.70. The van der Waals surface area contributed by atoms with Gasteiger partial charge in [0.25, 0.3) is 0 Å². The molecule has 2 N–H and O–H groups in total. The maximum atomic E-state index is 13.2. The van der Waals surface area contributed by atoms with Crippen LogP contribution >= 0.6 is 11.8 Å². The molecular weight excluding hydrogens is 192 g/mol. The van der Waals surface area contributed by atoms with E-state index in [-0.39, 0.29) is 6.04 Å². The molecule has 0 bridgehead atoms. The minimum absolute atomic E-state index is 0.237. The number of fused-ring (bicyclic) bond motifs is 1. The Morgan fingerprint density at radius 3 is 2.92 bits per heavy atom. The number of halogens is 2. The molecule has 0 aliphatic carbocycles. The zero-order chi connectivity index (χ0) is 9.42. The standard InChI is InChI=1S/C9H9F2NS/c10-5-1-6-7(8(11)2-5)3-13-4-9(6)12/h1-2,9H,3-4,12H2/t9-/m0/s1. The molecule has 2 rings (SSSR count). The van der Waals surface area contributed by atoms with Crippen LogP contribution in [0, 0.1) is 11.6 Å². The minimum atomic E-state index is -0.543. The van der Waals surface area contributed by atoms with Gasteiger partial charge in [0.05, 0.1) is 0 Å². The van der Waals surface area contributed by atoms with Crippen molar-refractivity contribution in [2.45, 2.75) is 11.8 Å². The van der Waals surface area contributed by atoms with Crippen molar-refractivity contribution in [2.75, 3.05) is 5.75 Å². The van der Waals surface area contributed by atoms with Crippen LogP contribution in [0.3, 0.4) is 0 Å². The van der Waals surface area contributed by atoms with Crippen molar-refractivity contribution >= 4 is 11.8 Å². The fourth-order valence-corrected chi connectivity index (χ4v) is 2.54. The van der Waals surface area contributed by atoms with Gasteiger partial charge in [-0.3, -0.25) is 0 Å². The first kappa shape index (κ1) is 8.97. The van der Waals surface area contributed by atoms with E-state index >= 15 is 0 Å². The van der Waals surface area contributed by atoms with E-state index in [0.717, 1.165) is 11.8 Å². The second-order valence-electron chi connectivity index (χ2n) is 3.08. The lowest BCUT2D eigenvalue weighted by molar-refractivity contribution is 0.566. The number of hydrogen-bond acceptors (Lipinski definition) is 2. The van der Waals surface area contributed by atoms with E-state index in [2.05, 4.69) is 0 Å². The lowest BCUT2D eigenvalue weighted by atomic mass is 10.0. The van der Waals surface area contributed by atoms with Crippen LogP contribution in [0.4, 0.5) is 8.78 Å². The van der Waals surface area contributed by atoms with Crippen LogP contribution in [0.25, 0.3) is 0 Å². The lowest BCUT2D eigenvalue weighted by Gasteiger charge is -2.22. The summed E-state index contributed by atoms with van der Waals surface area (Å²) in [5.74, 6) is 0.307. The third-order valence-corrected chi connectivity index (χ3v) is 3.23. The average Bonchev–Trinajstić information content (AvgIpc) is 2.07. The van der Waals surface area contributed by atoms with Crippen molar-refractivity contribution in [3.05, 3.63) is 34.9 Å². The zero-order valence-electron chi connectivity index (χ0n) is 6.89. The quantitative estimate of drug-likeness (QED) is 0.696. The Hall–Kier alpha value is -0.610. The Bertz CT molecular complexity index is 341. The molecule has 1 nitrogen and oxygen atoms in total. The molecule has 0 saturated carbocycles. The van der Waals surface area contributed by atoms with Gasteiger partial charge in [-0.05, 0) is 11.6 Å². The molecule has 70 valence electrons. The molecule has 0 unspecified atom stereocenters. The van der Waals surface area contributed by atoms with E-state index in [4.69, 9.17) is 5.73 Å². The van der Waals surface area contributed by atoms with Crippen molar-refractivity contribution < 1.29 is 8.78 Å². The molecule has 13 heavy (non-hydrogen) atoms. The van der Waals surface area contributed by atoms with Crippen LogP contribution < -0.4 is 5.73 Å². The van der Waals surface area contributed by atoms with Crippen molar-refractivity contribution in [3.63, 3.8) is 0 Å². The Kier molecular flexibility index (Phi) is 2.26. The third kappa shape index (κ3) is 1.56. The summed E-state index contributed by atoms with van der Waals surface area (Å²) >= 11 is 1.58. The fourth-order valence-electron chi connectivity index (χ4n) is 1.48. The summed E-state index contributed by atoms with van der Waals surface area (Å²) in [5, 5.41) is 0. The SMILES string of the molecule is N[C@H]1CSCc2c(F)cc(F)cc21. The highest BCUT2D eigenvalue weighted by molar-refractivity contribution is 7.98. The molecule has 1 aromatic carbocycles. The molecule has 0 saturated heterocycles. The summed E-state index contributed by atoms with van der Waals surface area (Å²) in [6.45, 7) is 0. The maximum Gasteiger partial charge on any atom is 0.130 e. The monoisotopic (exact) mass is 201 g/mol. The van der Waals surface area contributed by atoms with Gasteiger partial charge in [0, 0.05) is 29.2 Å². The van der Waals surface area contributed by atoms with E-state index in [0.29, 0.717) is 16.9 Å². The number of thioether (sulfide) groups is 1. The van der Waals surface area contributed by atoms with Crippen molar-refractivity contribution in [1.29, 1.82) is 0 Å². The van der Waals surface area contributed by atoms with Crippen LogP contribution in [0.2, 0.25) is 0 Å². The van der Waals surface area contributed by atoms with Gasteiger partial charge < -0.3 is 5.73 Å². The third-order valence-electron chi connectivity index (χ3n) is 2.14. The summed E-state index contributed by atoms with van der Waals surface area (Å²) in [7, 11) is 0. The van der Waals surface area contributed by atoms with Gasteiger partial charge in [-0.25, -0.2) is 8.78 Å². The van der Waals surface area contributed by atoms with Crippen molar-refractivity contribution in [1.82, 2.24) is 0 Å². The van der Waals surface area contributed by atoms with Gasteiger partial charge in [-0.2, -0.15) is 11.8 Å². The van der Waals surface area contributed by atoms with Crippen LogP contribution in [-0.4, -0.2) is 5.75 Å². The molecule has 1 aliphatic heterocycles. The molecule has 1 atom stereocenters. The highest BCUT2D eigenvalue weighted by atomic mass is 32.2. The molecule has 0 fully saturated rings. The molecular formula is C9H9F2NS. The van der Waals surface area contributed by atoms with E-state index < -0.39 is 11.6 Å². The molecule has 4 heteroatoms. The fraction of sp³-hybridized carbons (Fsp3) is 0.333. The van der Waals surface area contributed by atoms with Crippen LogP contribution in [0.1, 0.15) is 17.2 Å². The number of nitrogens with two attached hydrogens (primary N) is 1. The first-order valence-corrected chi connectivity index (χ1v) is 5.15. The van der Waals surface area contributed by atoms with Crippen molar-refractivity contribution in [3.8, 4) is 0 Å². The van der Waals surface area contributed by atoms with E-state index in [1.165, 1.54) is 6.07 Å². The highest BCUT2D eigenvalue weighted by Crippen LogP contribution is 2.32. The molecule has 1 aromatic rings. The average molecular weight is 201 g/mol. The number of rotatable bonds is 0. The van der Waals surface area contributed by atoms with Gasteiger partial charge in [-0.1, -0.05) is 0 Å². The Morgan fingerprint density at radius 2 is 2.15 bits per heavy atom. The van der Waals surface area contributed by atoms with Crippen LogP contribution in [0.5, 0.6) is 0 Å². The summed E-state index contributed by atoms with van der Waals surface area (Å²) in [5.41, 5.74) is 6.91. The Labute approximate surface area is 79.3 Å². The first-order valence-electron chi connectivity index (χ1n) is 3.99. The van der Waals surface area contributed by atoms with E-state index in [1.807, 2.05) is 0 Å². The number of benzene rings is 1. The molecule has 0 aromatic heterocycles. The van der Waals surface area contributed by atoms with Gasteiger partial charge in [0.2, 0.25) is 0 Å². The summed E-state index contributed by atoms with van der Waals surface area (Å²) in [6, 6.07) is 2.01. The minimum Gasteiger partial charge on any atom is -0.323 e. The maximum absolute atomic E-state index is 13.2. The molecule has 1 aliphatic rings. The topological polar surface area (TPSA) is 26.0 Å². The summed E-state index contributed by atoms with van der Waals surface area (Å²) < 4.78 is 26.0. The van der Waals surface area contributed by atoms with Crippen LogP contribution in [-0.2, 0) is 5.75 Å². The summed E-state index contributed by atoms with van der Waals surface area (Å²) in [6.07, 6.45) is 0. The number of hydrogen-bond donors (Lipinski definition) is 1. The first-order chi connectivity index (χ1) is 6.18. The predicted octanol–water partition coefficient (Wildman–Crippen LogP) is 2.21. The Morgan fingerprint density at radius 1 is 1.38 bits per heavy atom. The lowest BCUT2D eigenvalue weighted by Crippen LogP contribution is -2.20. The molecule has 0 radical (unpaired) electrons. The van der Waals surface area contributed by atoms with Gasteiger partial charge in [-0.15, -0.1) is 0 Å². The predicted molar refractivity (Wildman–Crippen MR) is 49.4 cm³/mol. The smallest absolute Gasteiger partial charge is 0.130 e. The molecule has 0 spiro atoms. The van der Waals surface area contributed by atoms with Crippen LogP contribution in [0.15, 0.2) is 12.1 Å².